The lowest BCUT2D eigenvalue weighted by Gasteiger charge is -2.19. The van der Waals surface area contributed by atoms with E-state index in [0.29, 0.717) is 0 Å². The third-order valence-corrected chi connectivity index (χ3v) is 1.22. The van der Waals surface area contributed by atoms with Gasteiger partial charge in [-0.15, -0.1) is 0 Å². The van der Waals surface area contributed by atoms with Gasteiger partial charge in [0.25, 0.3) is 0 Å². The van der Waals surface area contributed by atoms with E-state index in [4.69, 9.17) is 4.74 Å². The number of ether oxygens (including phenoxy) is 1. The van der Waals surface area contributed by atoms with Crippen molar-refractivity contribution >= 4 is 11.9 Å². The van der Waals surface area contributed by atoms with E-state index >= 15 is 0 Å². The number of anilines is 1. The summed E-state index contributed by atoms with van der Waals surface area (Å²) in [4.78, 5) is 11.1. The molecule has 0 aliphatic carbocycles. The fourth-order valence-electron chi connectivity index (χ4n) is 0.765. The summed E-state index contributed by atoms with van der Waals surface area (Å²) in [7, 11) is 0. The molecule has 0 saturated heterocycles. The summed E-state index contributed by atoms with van der Waals surface area (Å²) in [5, 5.41) is 7.88. The number of carbonyl (C=O) groups excluding carboxylic acids is 1. The van der Waals surface area contributed by atoms with Crippen molar-refractivity contribution in [2.24, 2.45) is 0 Å². The number of aromatic nitrogens is 2. The molecule has 1 rings (SSSR count). The summed E-state index contributed by atoms with van der Waals surface area (Å²) in [5.41, 5.74) is -0.611. The van der Waals surface area contributed by atoms with Gasteiger partial charge in [0.15, 0.2) is 11.6 Å². The fraction of sp³-hybridized carbons (Fsp3) is 0.500. The Morgan fingerprint density at radius 1 is 1.64 bits per heavy atom. The van der Waals surface area contributed by atoms with Crippen molar-refractivity contribution in [3.63, 3.8) is 0 Å². The van der Waals surface area contributed by atoms with Crippen LogP contribution in [0, 0.1) is 5.82 Å². The zero-order chi connectivity index (χ0) is 10.8. The van der Waals surface area contributed by atoms with Gasteiger partial charge in [-0.25, -0.2) is 9.18 Å². The average Bonchev–Trinajstić information content (AvgIpc) is 2.32. The van der Waals surface area contributed by atoms with Gasteiger partial charge in [-0.3, -0.25) is 10.4 Å². The van der Waals surface area contributed by atoms with E-state index in [0.717, 1.165) is 6.20 Å². The Morgan fingerprint density at radius 2 is 2.29 bits per heavy atom. The molecule has 6 heteroatoms. The highest BCUT2D eigenvalue weighted by atomic mass is 19.1. The topological polar surface area (TPSA) is 67.0 Å². The summed E-state index contributed by atoms with van der Waals surface area (Å²) >= 11 is 0. The number of aromatic amines is 1. The van der Waals surface area contributed by atoms with Gasteiger partial charge in [0, 0.05) is 0 Å². The van der Waals surface area contributed by atoms with Crippen molar-refractivity contribution in [3.8, 4) is 0 Å². The molecule has 1 amide bonds. The second-order valence-electron chi connectivity index (χ2n) is 3.72. The van der Waals surface area contributed by atoms with Gasteiger partial charge >= 0.3 is 6.09 Å². The van der Waals surface area contributed by atoms with Gasteiger partial charge in [0.05, 0.1) is 6.20 Å². The van der Waals surface area contributed by atoms with Gasteiger partial charge in [0.2, 0.25) is 0 Å². The van der Waals surface area contributed by atoms with Gasteiger partial charge in [0.1, 0.15) is 5.60 Å². The Hall–Kier alpha value is -1.59. The molecule has 0 atom stereocenters. The van der Waals surface area contributed by atoms with Gasteiger partial charge < -0.3 is 4.74 Å². The Bertz CT molecular complexity index is 330. The highest BCUT2D eigenvalue weighted by molar-refractivity contribution is 5.83. The maximum absolute atomic E-state index is 12.8. The zero-order valence-corrected chi connectivity index (χ0v) is 8.22. The highest BCUT2D eigenvalue weighted by Gasteiger charge is 2.17. The summed E-state index contributed by atoms with van der Waals surface area (Å²) < 4.78 is 17.7. The molecule has 5 nitrogen and oxygen atoms in total. The molecular formula is C8H12FN3O2. The van der Waals surface area contributed by atoms with Crippen molar-refractivity contribution < 1.29 is 13.9 Å². The van der Waals surface area contributed by atoms with Crippen LogP contribution < -0.4 is 5.32 Å². The van der Waals surface area contributed by atoms with Gasteiger partial charge in [-0.2, -0.15) is 5.10 Å². The van der Waals surface area contributed by atoms with Crippen molar-refractivity contribution in [2.45, 2.75) is 26.4 Å². The van der Waals surface area contributed by atoms with E-state index in [1.807, 2.05) is 0 Å². The molecule has 0 aliphatic heterocycles. The van der Waals surface area contributed by atoms with Crippen LogP contribution in [-0.2, 0) is 4.74 Å². The van der Waals surface area contributed by atoms with Crippen LogP contribution in [0.1, 0.15) is 20.8 Å². The number of H-pyrrole nitrogens is 1. The molecule has 0 unspecified atom stereocenters. The minimum atomic E-state index is -0.722. The van der Waals surface area contributed by atoms with Crippen LogP contribution in [0.2, 0.25) is 0 Å². The van der Waals surface area contributed by atoms with E-state index in [2.05, 4.69) is 15.5 Å². The number of halogens is 1. The predicted molar refractivity (Wildman–Crippen MR) is 48.4 cm³/mol. The van der Waals surface area contributed by atoms with Crippen molar-refractivity contribution in [3.05, 3.63) is 12.0 Å². The quantitative estimate of drug-likeness (QED) is 0.729. The Balaban J connectivity index is 2.54. The maximum atomic E-state index is 12.8. The summed E-state index contributed by atoms with van der Waals surface area (Å²) in [5.74, 6) is -0.727. The molecule has 0 fully saturated rings. The van der Waals surface area contributed by atoms with Gasteiger partial charge in [-0.05, 0) is 20.8 Å². The second-order valence-corrected chi connectivity index (χ2v) is 3.72. The van der Waals surface area contributed by atoms with Crippen LogP contribution >= 0.6 is 0 Å². The zero-order valence-electron chi connectivity index (χ0n) is 8.22. The number of nitrogens with one attached hydrogen (secondary N) is 2. The van der Waals surface area contributed by atoms with E-state index < -0.39 is 17.5 Å². The number of hydrogen-bond acceptors (Lipinski definition) is 3. The van der Waals surface area contributed by atoms with Crippen molar-refractivity contribution in [1.82, 2.24) is 10.2 Å². The summed E-state index contributed by atoms with van der Waals surface area (Å²) in [6.07, 6.45) is 0.243. The van der Waals surface area contributed by atoms with Crippen LogP contribution in [0.5, 0.6) is 0 Å². The molecule has 0 aromatic carbocycles. The highest BCUT2D eigenvalue weighted by Crippen LogP contribution is 2.11. The standard InChI is InChI=1S/C8H12FN3O2/c1-8(2,3)14-7(13)11-6-5(9)4-10-12-6/h4H,1-3H3,(H2,10,11,12,13). The van der Waals surface area contributed by atoms with Crippen molar-refractivity contribution in [1.29, 1.82) is 0 Å². The smallest absolute Gasteiger partial charge is 0.413 e. The molecule has 0 radical (unpaired) electrons. The number of carbonyl (C=O) groups is 1. The first-order valence-corrected chi connectivity index (χ1v) is 4.07. The normalized spacial score (nSPS) is 11.1. The second kappa shape index (κ2) is 3.65. The largest absolute Gasteiger partial charge is 0.444 e. The third kappa shape index (κ3) is 3.04. The minimum Gasteiger partial charge on any atom is -0.444 e. The maximum Gasteiger partial charge on any atom is 0.413 e. The molecule has 0 bridgehead atoms. The molecule has 1 aromatic heterocycles. The molecule has 2 N–H and O–H groups in total. The molecule has 1 heterocycles. The van der Waals surface area contributed by atoms with E-state index in [-0.39, 0.29) is 5.82 Å². The molecule has 78 valence electrons. The SMILES string of the molecule is CC(C)(C)OC(=O)Nc1[nH]ncc1F. The lowest BCUT2D eigenvalue weighted by Crippen LogP contribution is -2.27. The van der Waals surface area contributed by atoms with E-state index in [1.165, 1.54) is 0 Å². The fourth-order valence-corrected chi connectivity index (χ4v) is 0.765. The third-order valence-electron chi connectivity index (χ3n) is 1.22. The van der Waals surface area contributed by atoms with Crippen LogP contribution in [0.25, 0.3) is 0 Å². The first-order chi connectivity index (χ1) is 6.38. The molecular weight excluding hydrogens is 189 g/mol. The first kappa shape index (κ1) is 10.5. The first-order valence-electron chi connectivity index (χ1n) is 4.07. The Kier molecular flexibility index (Phi) is 2.73. The minimum absolute atomic E-state index is 0.0979. The van der Waals surface area contributed by atoms with E-state index in [9.17, 15) is 9.18 Å². The summed E-state index contributed by atoms with van der Waals surface area (Å²) in [6, 6.07) is 0. The number of hydrogen-bond donors (Lipinski definition) is 2. The number of nitrogens with zero attached hydrogens (tertiary/aromatic N) is 1. The van der Waals surface area contributed by atoms with Crippen LogP contribution in [0.3, 0.4) is 0 Å². The molecule has 1 aromatic rings. The predicted octanol–water partition coefficient (Wildman–Crippen LogP) is 1.90. The van der Waals surface area contributed by atoms with E-state index in [1.54, 1.807) is 20.8 Å². The summed E-state index contributed by atoms with van der Waals surface area (Å²) in [6.45, 7) is 5.15. The number of rotatable bonds is 1. The molecule has 0 aliphatic rings. The Labute approximate surface area is 80.6 Å². The molecule has 0 saturated carbocycles. The van der Waals surface area contributed by atoms with Crippen molar-refractivity contribution in [2.75, 3.05) is 5.32 Å². The monoisotopic (exact) mass is 201 g/mol. The average molecular weight is 201 g/mol. The van der Waals surface area contributed by atoms with Crippen LogP contribution in [0.4, 0.5) is 15.0 Å². The van der Waals surface area contributed by atoms with Gasteiger partial charge in [-0.1, -0.05) is 0 Å². The lowest BCUT2D eigenvalue weighted by molar-refractivity contribution is 0.0634. The molecule has 0 spiro atoms. The molecule has 14 heavy (non-hydrogen) atoms. The number of amides is 1. The lowest BCUT2D eigenvalue weighted by atomic mass is 10.2. The Morgan fingerprint density at radius 3 is 2.71 bits per heavy atom. The van der Waals surface area contributed by atoms with Crippen LogP contribution in [0.15, 0.2) is 6.20 Å². The van der Waals surface area contributed by atoms with Crippen LogP contribution in [-0.4, -0.2) is 21.9 Å².